The summed E-state index contributed by atoms with van der Waals surface area (Å²) in [6.07, 6.45) is 6.64. The Labute approximate surface area is 123 Å². The van der Waals surface area contributed by atoms with Crippen molar-refractivity contribution in [3.05, 3.63) is 0 Å². The molecule has 0 aromatic carbocycles. The Morgan fingerprint density at radius 2 is 1.65 bits per heavy atom. The highest BCUT2D eigenvalue weighted by molar-refractivity contribution is 5.72. The highest BCUT2D eigenvalue weighted by atomic mass is 16.5. The lowest BCUT2D eigenvalue weighted by Gasteiger charge is -2.42. The average molecular weight is 282 g/mol. The zero-order chi connectivity index (χ0) is 14.5. The van der Waals surface area contributed by atoms with Crippen molar-refractivity contribution >= 4 is 5.97 Å². The van der Waals surface area contributed by atoms with E-state index in [2.05, 4.69) is 16.7 Å². The van der Waals surface area contributed by atoms with Crippen LogP contribution in [-0.2, 0) is 9.53 Å². The van der Waals surface area contributed by atoms with Gasteiger partial charge >= 0.3 is 5.97 Å². The van der Waals surface area contributed by atoms with Crippen LogP contribution in [0.4, 0.5) is 0 Å². The molecule has 0 radical (unpaired) electrons. The van der Waals surface area contributed by atoms with Crippen molar-refractivity contribution in [2.75, 3.05) is 33.3 Å². The molecule has 2 unspecified atom stereocenters. The molecule has 2 aliphatic heterocycles. The van der Waals surface area contributed by atoms with Gasteiger partial charge in [0, 0.05) is 12.1 Å². The van der Waals surface area contributed by atoms with Crippen molar-refractivity contribution in [2.24, 2.45) is 5.92 Å². The Hall–Kier alpha value is -0.610. The topological polar surface area (TPSA) is 32.8 Å². The summed E-state index contributed by atoms with van der Waals surface area (Å²) in [6, 6.07) is 1.05. The fraction of sp³-hybridized carbons (Fsp3) is 0.938. The van der Waals surface area contributed by atoms with Crippen LogP contribution in [0.1, 0.15) is 46.0 Å². The zero-order valence-electron chi connectivity index (χ0n) is 13.3. The fourth-order valence-electron chi connectivity index (χ4n) is 3.64. The molecule has 0 aromatic rings. The van der Waals surface area contributed by atoms with Gasteiger partial charge in [-0.1, -0.05) is 13.3 Å². The maximum absolute atomic E-state index is 11.7. The van der Waals surface area contributed by atoms with Crippen LogP contribution in [0.25, 0.3) is 0 Å². The molecule has 4 heteroatoms. The lowest BCUT2D eigenvalue weighted by molar-refractivity contribution is -0.147. The predicted octanol–water partition coefficient (Wildman–Crippen LogP) is 2.13. The van der Waals surface area contributed by atoms with E-state index in [1.165, 1.54) is 52.3 Å². The Morgan fingerprint density at radius 3 is 2.20 bits per heavy atom. The Morgan fingerprint density at radius 1 is 1.05 bits per heavy atom. The number of piperidine rings is 2. The summed E-state index contributed by atoms with van der Waals surface area (Å²) in [5, 5.41) is 0. The number of likely N-dealkylation sites (tertiary alicyclic amines) is 2. The maximum atomic E-state index is 11.7. The van der Waals surface area contributed by atoms with E-state index in [1.807, 2.05) is 6.92 Å². The van der Waals surface area contributed by atoms with Gasteiger partial charge in [-0.05, 0) is 58.8 Å². The van der Waals surface area contributed by atoms with Gasteiger partial charge in [0.15, 0.2) is 0 Å². The van der Waals surface area contributed by atoms with Crippen LogP contribution in [0.2, 0.25) is 0 Å². The van der Waals surface area contributed by atoms with Crippen LogP contribution < -0.4 is 0 Å². The third kappa shape index (κ3) is 3.73. The number of methoxy groups -OCH3 is 1. The highest BCUT2D eigenvalue weighted by Crippen LogP contribution is 2.23. The second-order valence-corrected chi connectivity index (χ2v) is 6.42. The molecule has 0 aromatic heterocycles. The van der Waals surface area contributed by atoms with Crippen LogP contribution in [-0.4, -0.2) is 61.1 Å². The van der Waals surface area contributed by atoms with E-state index < -0.39 is 0 Å². The SMILES string of the molecule is COC(=O)C(C)C(C)N1CCC(N2CCCCC2)CC1. The molecule has 0 spiro atoms. The molecular formula is C16H30N2O2. The molecule has 2 rings (SSSR count). The molecule has 116 valence electrons. The van der Waals surface area contributed by atoms with Gasteiger partial charge in [-0.3, -0.25) is 9.69 Å². The quantitative estimate of drug-likeness (QED) is 0.740. The van der Waals surface area contributed by atoms with Gasteiger partial charge in [0.1, 0.15) is 0 Å². The fourth-order valence-corrected chi connectivity index (χ4v) is 3.64. The van der Waals surface area contributed by atoms with Crippen LogP contribution in [0.15, 0.2) is 0 Å². The predicted molar refractivity (Wildman–Crippen MR) is 80.7 cm³/mol. The molecule has 2 atom stereocenters. The number of ether oxygens (including phenoxy) is 1. The number of carbonyl (C=O) groups is 1. The van der Waals surface area contributed by atoms with Gasteiger partial charge in [-0.25, -0.2) is 0 Å². The molecule has 2 saturated heterocycles. The standard InChI is InChI=1S/C16H30N2O2/c1-13(16(19)20-3)14(2)17-11-7-15(8-12-17)18-9-5-4-6-10-18/h13-15H,4-12H2,1-3H3. The largest absolute Gasteiger partial charge is 0.469 e. The number of hydrogen-bond donors (Lipinski definition) is 0. The van der Waals surface area contributed by atoms with Gasteiger partial charge in [0.25, 0.3) is 0 Å². The van der Waals surface area contributed by atoms with Crippen molar-refractivity contribution in [2.45, 2.75) is 58.0 Å². The molecule has 2 aliphatic rings. The van der Waals surface area contributed by atoms with Gasteiger partial charge in [0.05, 0.1) is 13.0 Å². The maximum Gasteiger partial charge on any atom is 0.309 e. The Balaban J connectivity index is 1.79. The lowest BCUT2D eigenvalue weighted by Crippen LogP contribution is -2.50. The molecule has 0 aliphatic carbocycles. The minimum absolute atomic E-state index is 0.0356. The zero-order valence-corrected chi connectivity index (χ0v) is 13.3. The molecule has 0 N–H and O–H groups in total. The first kappa shape index (κ1) is 15.8. The molecule has 0 bridgehead atoms. The molecule has 0 amide bonds. The summed E-state index contributed by atoms with van der Waals surface area (Å²) in [5.74, 6) is -0.123. The van der Waals surface area contributed by atoms with Gasteiger partial charge in [-0.2, -0.15) is 0 Å². The number of nitrogens with zero attached hydrogens (tertiary/aromatic N) is 2. The first-order chi connectivity index (χ1) is 9.63. The minimum atomic E-state index is -0.0874. The van der Waals surface area contributed by atoms with Crippen molar-refractivity contribution < 1.29 is 9.53 Å². The second-order valence-electron chi connectivity index (χ2n) is 6.42. The summed E-state index contributed by atoms with van der Waals surface area (Å²) in [6.45, 7) is 8.95. The van der Waals surface area contributed by atoms with Gasteiger partial charge in [-0.15, -0.1) is 0 Å². The minimum Gasteiger partial charge on any atom is -0.469 e. The normalized spacial score (nSPS) is 26.1. The highest BCUT2D eigenvalue weighted by Gasteiger charge is 2.31. The molecular weight excluding hydrogens is 252 g/mol. The van der Waals surface area contributed by atoms with E-state index in [0.29, 0.717) is 0 Å². The third-order valence-corrected chi connectivity index (χ3v) is 5.28. The number of rotatable bonds is 4. The van der Waals surface area contributed by atoms with E-state index in [4.69, 9.17) is 4.74 Å². The third-order valence-electron chi connectivity index (χ3n) is 5.28. The first-order valence-corrected chi connectivity index (χ1v) is 8.19. The van der Waals surface area contributed by atoms with Crippen molar-refractivity contribution in [3.63, 3.8) is 0 Å². The van der Waals surface area contributed by atoms with Crippen molar-refractivity contribution in [1.29, 1.82) is 0 Å². The molecule has 4 nitrogen and oxygen atoms in total. The van der Waals surface area contributed by atoms with Crippen LogP contribution in [0.3, 0.4) is 0 Å². The van der Waals surface area contributed by atoms with Crippen molar-refractivity contribution in [1.82, 2.24) is 9.80 Å². The smallest absolute Gasteiger partial charge is 0.309 e. The monoisotopic (exact) mass is 282 g/mol. The van der Waals surface area contributed by atoms with E-state index in [9.17, 15) is 4.79 Å². The summed E-state index contributed by atoms with van der Waals surface area (Å²) >= 11 is 0. The lowest BCUT2D eigenvalue weighted by atomic mass is 9.95. The van der Waals surface area contributed by atoms with Crippen LogP contribution >= 0.6 is 0 Å². The van der Waals surface area contributed by atoms with Gasteiger partial charge in [0.2, 0.25) is 0 Å². The molecule has 0 saturated carbocycles. The summed E-state index contributed by atoms with van der Waals surface area (Å²) in [4.78, 5) is 16.8. The Bertz CT molecular complexity index is 308. The summed E-state index contributed by atoms with van der Waals surface area (Å²) < 4.78 is 4.87. The van der Waals surface area contributed by atoms with Crippen LogP contribution in [0.5, 0.6) is 0 Å². The van der Waals surface area contributed by atoms with E-state index in [0.717, 1.165) is 19.1 Å². The Kier molecular flexibility index (Phi) is 5.85. The van der Waals surface area contributed by atoms with Gasteiger partial charge < -0.3 is 9.64 Å². The van der Waals surface area contributed by atoms with E-state index in [-0.39, 0.29) is 17.9 Å². The first-order valence-electron chi connectivity index (χ1n) is 8.19. The molecule has 2 heterocycles. The number of esters is 1. The summed E-state index contributed by atoms with van der Waals surface area (Å²) in [7, 11) is 1.48. The van der Waals surface area contributed by atoms with Crippen LogP contribution in [0, 0.1) is 5.92 Å². The summed E-state index contributed by atoms with van der Waals surface area (Å²) in [5.41, 5.74) is 0. The molecule has 20 heavy (non-hydrogen) atoms. The molecule has 2 fully saturated rings. The van der Waals surface area contributed by atoms with E-state index >= 15 is 0 Å². The van der Waals surface area contributed by atoms with E-state index in [1.54, 1.807) is 0 Å². The average Bonchev–Trinajstić information content (AvgIpc) is 2.53. The number of carbonyl (C=O) groups excluding carboxylic acids is 1. The second kappa shape index (κ2) is 7.41. The van der Waals surface area contributed by atoms with Crippen molar-refractivity contribution in [3.8, 4) is 0 Å². The number of hydrogen-bond acceptors (Lipinski definition) is 4.